The van der Waals surface area contributed by atoms with Crippen LogP contribution in [0.25, 0.3) is 21.7 Å². The summed E-state index contributed by atoms with van der Waals surface area (Å²) < 4.78 is 18.6. The molecular weight excluding hydrogens is 642 g/mol. The second kappa shape index (κ2) is 13.5. The molecule has 2 aromatic carbocycles. The molecule has 0 bridgehead atoms. The van der Waals surface area contributed by atoms with Gasteiger partial charge in [-0.15, -0.1) is 11.3 Å². The third-order valence-corrected chi connectivity index (χ3v) is 14.8. The first-order valence-electron chi connectivity index (χ1n) is 14.4. The van der Waals surface area contributed by atoms with Crippen LogP contribution in [0.15, 0.2) is 58.9 Å². The number of halogens is 1. The number of ether oxygens (including phenoxy) is 2. The standard InChI is InChI=1S/C33H34ClN5O3S2Si/c1-33(2,3)45(4,5)42-28-17-40-16-27(28)41-24-12-8-20(9-13-24)29-25(14-35)30(37)39-32(26(29)15-36)44-19-23-18-43-31(38-23)21-6-10-22(34)11-7-21/h6-13,18,27-28H,16-17,19H2,1-5H3,(H2,37,39)/t27-,28-/m0/s1. The van der Waals surface area contributed by atoms with Gasteiger partial charge < -0.3 is 19.6 Å². The molecule has 1 aliphatic heterocycles. The third-order valence-electron chi connectivity index (χ3n) is 8.08. The number of benzene rings is 2. The normalized spacial score (nSPS) is 16.7. The van der Waals surface area contributed by atoms with E-state index in [9.17, 15) is 10.5 Å². The van der Waals surface area contributed by atoms with Crippen molar-refractivity contribution in [1.29, 1.82) is 10.5 Å². The van der Waals surface area contributed by atoms with Crippen molar-refractivity contribution in [2.45, 2.75) is 61.9 Å². The molecule has 0 unspecified atom stereocenters. The number of nitriles is 2. The van der Waals surface area contributed by atoms with E-state index < -0.39 is 8.32 Å². The largest absolute Gasteiger partial charge is 0.485 e. The lowest BCUT2D eigenvalue weighted by molar-refractivity contribution is 0.0807. The molecule has 8 nitrogen and oxygen atoms in total. The number of hydrogen-bond donors (Lipinski definition) is 1. The van der Waals surface area contributed by atoms with E-state index in [1.54, 1.807) is 0 Å². The first kappa shape index (κ1) is 33.0. The summed E-state index contributed by atoms with van der Waals surface area (Å²) in [4.78, 5) is 9.18. The van der Waals surface area contributed by atoms with Gasteiger partial charge in [0, 0.05) is 27.3 Å². The minimum atomic E-state index is -2.01. The van der Waals surface area contributed by atoms with E-state index in [1.807, 2.05) is 53.9 Å². The number of thioether (sulfide) groups is 1. The third kappa shape index (κ3) is 7.36. The van der Waals surface area contributed by atoms with E-state index in [4.69, 9.17) is 36.2 Å². The van der Waals surface area contributed by atoms with Crippen LogP contribution in [0.5, 0.6) is 5.75 Å². The van der Waals surface area contributed by atoms with E-state index in [1.165, 1.54) is 23.1 Å². The number of nitrogen functional groups attached to an aromatic ring is 1. The molecule has 45 heavy (non-hydrogen) atoms. The monoisotopic (exact) mass is 675 g/mol. The van der Waals surface area contributed by atoms with Gasteiger partial charge in [-0.3, -0.25) is 0 Å². The van der Waals surface area contributed by atoms with Gasteiger partial charge >= 0.3 is 0 Å². The number of nitrogens with zero attached hydrogens (tertiary/aromatic N) is 4. The topological polar surface area (TPSA) is 127 Å². The van der Waals surface area contributed by atoms with Gasteiger partial charge in [-0.25, -0.2) is 9.97 Å². The quantitative estimate of drug-likeness (QED) is 0.138. The van der Waals surface area contributed by atoms with E-state index in [0.717, 1.165) is 16.3 Å². The van der Waals surface area contributed by atoms with Crippen LogP contribution in [-0.4, -0.2) is 43.7 Å². The van der Waals surface area contributed by atoms with E-state index >= 15 is 0 Å². The van der Waals surface area contributed by atoms with Crippen LogP contribution in [0.3, 0.4) is 0 Å². The van der Waals surface area contributed by atoms with E-state index in [2.05, 4.69) is 51.0 Å². The van der Waals surface area contributed by atoms with Gasteiger partial charge in [0.2, 0.25) is 0 Å². The molecule has 1 fully saturated rings. The Morgan fingerprint density at radius 2 is 1.64 bits per heavy atom. The van der Waals surface area contributed by atoms with E-state index in [-0.39, 0.29) is 28.6 Å². The smallest absolute Gasteiger partial charge is 0.192 e. The van der Waals surface area contributed by atoms with Crippen molar-refractivity contribution in [1.82, 2.24) is 9.97 Å². The highest BCUT2D eigenvalue weighted by atomic mass is 35.5. The molecule has 232 valence electrons. The molecule has 3 heterocycles. The number of hydrogen-bond acceptors (Lipinski definition) is 10. The first-order valence-corrected chi connectivity index (χ1v) is 19.5. The average Bonchev–Trinajstić information content (AvgIpc) is 3.65. The van der Waals surface area contributed by atoms with Gasteiger partial charge in [-0.2, -0.15) is 10.5 Å². The zero-order chi connectivity index (χ0) is 32.4. The number of pyridine rings is 1. The molecule has 12 heteroatoms. The SMILES string of the molecule is CC(C)(C)[Si](C)(C)O[C@H]1COC[C@@H]1Oc1ccc(-c2c(C#N)c(N)nc(SCc3csc(-c4ccc(Cl)cc4)n3)c2C#N)cc1. The van der Waals surface area contributed by atoms with Crippen LogP contribution in [0.1, 0.15) is 37.6 Å². The Morgan fingerprint density at radius 3 is 2.29 bits per heavy atom. The summed E-state index contributed by atoms with van der Waals surface area (Å²) in [5.41, 5.74) is 9.66. The summed E-state index contributed by atoms with van der Waals surface area (Å²) >= 11 is 8.91. The van der Waals surface area contributed by atoms with Gasteiger partial charge in [-0.1, -0.05) is 68.4 Å². The number of nitrogens with two attached hydrogens (primary N) is 1. The van der Waals surface area contributed by atoms with Crippen molar-refractivity contribution >= 4 is 48.8 Å². The summed E-state index contributed by atoms with van der Waals surface area (Å²) in [6, 6.07) is 19.3. The lowest BCUT2D eigenvalue weighted by Gasteiger charge is -2.39. The molecule has 0 spiro atoms. The van der Waals surface area contributed by atoms with Crippen LogP contribution in [0, 0.1) is 22.7 Å². The zero-order valence-corrected chi connectivity index (χ0v) is 29.1. The maximum atomic E-state index is 10.2. The molecule has 5 rings (SSSR count). The van der Waals surface area contributed by atoms with Crippen molar-refractivity contribution in [2.75, 3.05) is 18.9 Å². The predicted molar refractivity (Wildman–Crippen MR) is 183 cm³/mol. The lowest BCUT2D eigenvalue weighted by Crippen LogP contribution is -2.47. The van der Waals surface area contributed by atoms with Gasteiger partial charge in [0.15, 0.2) is 8.32 Å². The molecule has 1 aliphatic rings. The molecular formula is C33H34ClN5O3S2Si. The molecule has 2 N–H and O–H groups in total. The van der Waals surface area contributed by atoms with Crippen LogP contribution in [-0.2, 0) is 14.9 Å². The summed E-state index contributed by atoms with van der Waals surface area (Å²) in [5.74, 6) is 1.19. The Hall–Kier alpha value is -3.42. The highest BCUT2D eigenvalue weighted by molar-refractivity contribution is 7.98. The summed E-state index contributed by atoms with van der Waals surface area (Å²) in [6.07, 6.45) is -0.389. The highest BCUT2D eigenvalue weighted by Gasteiger charge is 2.43. The van der Waals surface area contributed by atoms with Crippen molar-refractivity contribution < 1.29 is 13.9 Å². The second-order valence-electron chi connectivity index (χ2n) is 12.2. The Morgan fingerprint density at radius 1 is 1.00 bits per heavy atom. The molecule has 2 atom stereocenters. The second-order valence-corrected chi connectivity index (χ2v) is 19.2. The fourth-order valence-corrected chi connectivity index (χ4v) is 7.87. The average molecular weight is 676 g/mol. The maximum Gasteiger partial charge on any atom is 0.192 e. The molecule has 2 aromatic heterocycles. The van der Waals surface area contributed by atoms with Crippen molar-refractivity contribution in [3.63, 3.8) is 0 Å². The molecule has 0 amide bonds. The molecule has 1 saturated heterocycles. The predicted octanol–water partition coefficient (Wildman–Crippen LogP) is 8.31. The first-order chi connectivity index (χ1) is 21.4. The minimum absolute atomic E-state index is 0.0722. The summed E-state index contributed by atoms with van der Waals surface area (Å²) in [6.45, 7) is 12.0. The van der Waals surface area contributed by atoms with Crippen LogP contribution < -0.4 is 10.5 Å². The molecule has 0 saturated carbocycles. The summed E-state index contributed by atoms with van der Waals surface area (Å²) in [5, 5.41) is 24.3. The van der Waals surface area contributed by atoms with Gasteiger partial charge in [-0.05, 0) is 48.0 Å². The fraction of sp³-hybridized carbons (Fsp3) is 0.333. The van der Waals surface area contributed by atoms with Gasteiger partial charge in [0.05, 0.1) is 24.5 Å². The highest BCUT2D eigenvalue weighted by Crippen LogP contribution is 2.40. The Balaban J connectivity index is 1.35. The Bertz CT molecular complexity index is 1760. The molecule has 4 aromatic rings. The lowest BCUT2D eigenvalue weighted by atomic mass is 9.97. The van der Waals surface area contributed by atoms with Crippen LogP contribution >= 0.6 is 34.7 Å². The van der Waals surface area contributed by atoms with Crippen LogP contribution in [0.4, 0.5) is 5.82 Å². The van der Waals surface area contributed by atoms with E-state index in [0.29, 0.717) is 51.5 Å². The number of aromatic nitrogens is 2. The Kier molecular flexibility index (Phi) is 9.90. The van der Waals surface area contributed by atoms with Crippen molar-refractivity contribution in [3.05, 3.63) is 75.8 Å². The van der Waals surface area contributed by atoms with Gasteiger partial charge in [0.1, 0.15) is 51.5 Å². The zero-order valence-electron chi connectivity index (χ0n) is 25.8. The summed E-state index contributed by atoms with van der Waals surface area (Å²) in [7, 11) is -2.01. The molecule has 0 aliphatic carbocycles. The van der Waals surface area contributed by atoms with Gasteiger partial charge in [0.25, 0.3) is 0 Å². The number of rotatable bonds is 9. The van der Waals surface area contributed by atoms with Crippen molar-refractivity contribution in [3.8, 4) is 39.6 Å². The Labute approximate surface area is 278 Å². The van der Waals surface area contributed by atoms with Crippen LogP contribution in [0.2, 0.25) is 23.2 Å². The fourth-order valence-electron chi connectivity index (χ4n) is 4.60. The number of anilines is 1. The maximum absolute atomic E-state index is 10.2. The number of thiazole rings is 1. The molecule has 0 radical (unpaired) electrons. The van der Waals surface area contributed by atoms with Crippen molar-refractivity contribution in [2.24, 2.45) is 0 Å². The minimum Gasteiger partial charge on any atom is -0.485 e.